The first-order valence-electron chi connectivity index (χ1n) is 9.30. The zero-order valence-electron chi connectivity index (χ0n) is 16.4. The Bertz CT molecular complexity index is 964. The molecule has 0 aliphatic heterocycles. The zero-order valence-corrected chi connectivity index (χ0v) is 16.4. The third-order valence-electron chi connectivity index (χ3n) is 4.12. The van der Waals surface area contributed by atoms with Crippen LogP contribution in [0.25, 0.3) is 0 Å². The van der Waals surface area contributed by atoms with Crippen LogP contribution in [0.5, 0.6) is 5.75 Å². The summed E-state index contributed by atoms with van der Waals surface area (Å²) in [6, 6.07) is 14.9. The molecule has 2 aromatic carbocycles. The molecule has 29 heavy (non-hydrogen) atoms. The summed E-state index contributed by atoms with van der Waals surface area (Å²) in [4.78, 5) is 16.5. The highest BCUT2D eigenvalue weighted by Gasteiger charge is 2.13. The highest BCUT2D eigenvalue weighted by atomic mass is 16.5. The number of aromatic nitrogens is 3. The summed E-state index contributed by atoms with van der Waals surface area (Å²) >= 11 is 0. The molecule has 8 nitrogen and oxygen atoms in total. The van der Waals surface area contributed by atoms with E-state index >= 15 is 0 Å². The maximum atomic E-state index is 12.1. The first-order valence-corrected chi connectivity index (χ1v) is 9.30. The number of carbonyl (C=O) groups is 1. The summed E-state index contributed by atoms with van der Waals surface area (Å²) in [5.74, 6) is 1.30. The molecule has 0 aliphatic carbocycles. The Labute approximate surface area is 169 Å². The van der Waals surface area contributed by atoms with Gasteiger partial charge >= 0.3 is 5.97 Å². The van der Waals surface area contributed by atoms with Crippen molar-refractivity contribution in [2.45, 2.75) is 13.3 Å². The minimum absolute atomic E-state index is 0.282. The number of esters is 1. The third kappa shape index (κ3) is 5.41. The maximum absolute atomic E-state index is 12.1. The number of rotatable bonds is 9. The summed E-state index contributed by atoms with van der Waals surface area (Å²) in [6.45, 7) is 2.72. The van der Waals surface area contributed by atoms with Crippen molar-refractivity contribution in [1.29, 1.82) is 0 Å². The number of hydrogen-bond acceptors (Lipinski definition) is 8. The SMILES string of the molecule is CCOC(=O)c1ccccc1Nc1nncc(NCCc2ccccc2OC)n1. The zero-order chi connectivity index (χ0) is 20.5. The number of hydrogen-bond donors (Lipinski definition) is 2. The van der Waals surface area contributed by atoms with Crippen molar-refractivity contribution in [2.75, 3.05) is 30.9 Å². The van der Waals surface area contributed by atoms with Crippen LogP contribution in [0, 0.1) is 0 Å². The fraction of sp³-hybridized carbons (Fsp3) is 0.238. The van der Waals surface area contributed by atoms with E-state index in [-0.39, 0.29) is 5.95 Å². The Kier molecular flexibility index (Phi) is 6.94. The normalized spacial score (nSPS) is 10.3. The highest BCUT2D eigenvalue weighted by Crippen LogP contribution is 2.20. The fourth-order valence-corrected chi connectivity index (χ4v) is 2.78. The molecule has 3 rings (SSSR count). The number of ether oxygens (including phenoxy) is 2. The molecule has 0 radical (unpaired) electrons. The molecule has 0 amide bonds. The molecule has 2 N–H and O–H groups in total. The molecule has 0 aliphatic rings. The van der Waals surface area contributed by atoms with Crippen LogP contribution in [0.1, 0.15) is 22.8 Å². The number of benzene rings is 2. The number of para-hydroxylation sites is 2. The van der Waals surface area contributed by atoms with Crippen LogP contribution in [-0.2, 0) is 11.2 Å². The molecular formula is C21H23N5O3. The largest absolute Gasteiger partial charge is 0.496 e. The standard InChI is InChI=1S/C21H23N5O3/c1-3-29-20(27)16-9-5-6-10-17(16)24-21-25-19(14-23-26-21)22-13-12-15-8-4-7-11-18(15)28-2/h4-11,14H,3,12-13H2,1-2H3,(H2,22,24,25,26). The molecule has 1 aromatic heterocycles. The molecule has 3 aromatic rings. The number of anilines is 3. The van der Waals surface area contributed by atoms with Crippen LogP contribution in [0.15, 0.2) is 54.7 Å². The van der Waals surface area contributed by atoms with Crippen molar-refractivity contribution in [1.82, 2.24) is 15.2 Å². The number of carbonyl (C=O) groups excluding carboxylic acids is 1. The van der Waals surface area contributed by atoms with Gasteiger partial charge in [-0.1, -0.05) is 30.3 Å². The van der Waals surface area contributed by atoms with Crippen molar-refractivity contribution in [3.63, 3.8) is 0 Å². The Morgan fingerprint density at radius 2 is 1.90 bits per heavy atom. The lowest BCUT2D eigenvalue weighted by molar-refractivity contribution is 0.0527. The van der Waals surface area contributed by atoms with E-state index in [2.05, 4.69) is 25.8 Å². The molecule has 0 unspecified atom stereocenters. The second kappa shape index (κ2) is 10.0. The smallest absolute Gasteiger partial charge is 0.340 e. The predicted octanol–water partition coefficient (Wildman–Crippen LogP) is 3.46. The lowest BCUT2D eigenvalue weighted by atomic mass is 10.1. The van der Waals surface area contributed by atoms with Gasteiger partial charge in [-0.2, -0.15) is 10.1 Å². The van der Waals surface area contributed by atoms with E-state index in [1.807, 2.05) is 30.3 Å². The predicted molar refractivity (Wildman–Crippen MR) is 111 cm³/mol. The van der Waals surface area contributed by atoms with Crippen LogP contribution >= 0.6 is 0 Å². The fourth-order valence-electron chi connectivity index (χ4n) is 2.78. The van der Waals surface area contributed by atoms with Gasteiger partial charge in [0.2, 0.25) is 5.95 Å². The average Bonchev–Trinajstić information content (AvgIpc) is 2.75. The highest BCUT2D eigenvalue weighted by molar-refractivity contribution is 5.96. The van der Waals surface area contributed by atoms with Gasteiger partial charge in [0, 0.05) is 6.54 Å². The van der Waals surface area contributed by atoms with Gasteiger partial charge in [0.05, 0.1) is 31.2 Å². The number of nitrogens with zero attached hydrogens (tertiary/aromatic N) is 3. The van der Waals surface area contributed by atoms with E-state index in [1.165, 1.54) is 0 Å². The van der Waals surface area contributed by atoms with Crippen LogP contribution in [0.4, 0.5) is 17.5 Å². The van der Waals surface area contributed by atoms with Crippen molar-refractivity contribution >= 4 is 23.4 Å². The van der Waals surface area contributed by atoms with Gasteiger partial charge < -0.3 is 20.1 Å². The Morgan fingerprint density at radius 3 is 2.72 bits per heavy atom. The Balaban J connectivity index is 1.65. The van der Waals surface area contributed by atoms with Crippen molar-refractivity contribution in [2.24, 2.45) is 0 Å². The van der Waals surface area contributed by atoms with E-state index in [1.54, 1.807) is 38.4 Å². The first-order chi connectivity index (χ1) is 14.2. The summed E-state index contributed by atoms with van der Waals surface area (Å²) in [7, 11) is 1.66. The molecule has 8 heteroatoms. The lowest BCUT2D eigenvalue weighted by Gasteiger charge is -2.11. The van der Waals surface area contributed by atoms with Gasteiger partial charge in [0.15, 0.2) is 5.82 Å². The molecule has 1 heterocycles. The summed E-state index contributed by atoms with van der Waals surface area (Å²) < 4.78 is 10.5. The average molecular weight is 393 g/mol. The minimum Gasteiger partial charge on any atom is -0.496 e. The monoisotopic (exact) mass is 393 g/mol. The number of methoxy groups -OCH3 is 1. The van der Waals surface area contributed by atoms with Crippen LogP contribution in [0.3, 0.4) is 0 Å². The molecule has 150 valence electrons. The van der Waals surface area contributed by atoms with Gasteiger partial charge in [-0.3, -0.25) is 0 Å². The molecule has 0 spiro atoms. The lowest BCUT2D eigenvalue weighted by Crippen LogP contribution is -2.11. The Morgan fingerprint density at radius 1 is 1.10 bits per heavy atom. The van der Waals surface area contributed by atoms with Crippen molar-refractivity contribution < 1.29 is 14.3 Å². The van der Waals surface area contributed by atoms with Crippen LogP contribution in [0.2, 0.25) is 0 Å². The number of nitrogens with one attached hydrogen (secondary N) is 2. The second-order valence-electron chi connectivity index (χ2n) is 6.04. The van der Waals surface area contributed by atoms with E-state index in [0.29, 0.717) is 30.2 Å². The molecule has 0 atom stereocenters. The van der Waals surface area contributed by atoms with Gasteiger partial charge in [0.25, 0.3) is 0 Å². The van der Waals surface area contributed by atoms with E-state index in [9.17, 15) is 4.79 Å². The van der Waals surface area contributed by atoms with E-state index < -0.39 is 5.97 Å². The van der Waals surface area contributed by atoms with E-state index in [4.69, 9.17) is 9.47 Å². The Hall–Kier alpha value is -3.68. The quantitative estimate of drug-likeness (QED) is 0.534. The van der Waals surface area contributed by atoms with Gasteiger partial charge in [-0.15, -0.1) is 5.10 Å². The van der Waals surface area contributed by atoms with Crippen molar-refractivity contribution in [3.8, 4) is 5.75 Å². The molecule has 0 saturated carbocycles. The van der Waals surface area contributed by atoms with Gasteiger partial charge in [-0.25, -0.2) is 4.79 Å². The molecule has 0 saturated heterocycles. The summed E-state index contributed by atoms with van der Waals surface area (Å²) in [6.07, 6.45) is 2.31. The first kappa shape index (κ1) is 20.1. The third-order valence-corrected chi connectivity index (χ3v) is 4.12. The van der Waals surface area contributed by atoms with Gasteiger partial charge in [0.1, 0.15) is 5.75 Å². The maximum Gasteiger partial charge on any atom is 0.340 e. The van der Waals surface area contributed by atoms with Crippen LogP contribution in [-0.4, -0.2) is 41.4 Å². The summed E-state index contributed by atoms with van der Waals surface area (Å²) in [5, 5.41) is 14.2. The topological polar surface area (TPSA) is 98.3 Å². The van der Waals surface area contributed by atoms with Crippen LogP contribution < -0.4 is 15.4 Å². The molecule has 0 fully saturated rings. The molecule has 0 bridgehead atoms. The van der Waals surface area contributed by atoms with Crippen molar-refractivity contribution in [3.05, 3.63) is 65.9 Å². The molecular weight excluding hydrogens is 370 g/mol. The van der Waals surface area contributed by atoms with E-state index in [0.717, 1.165) is 17.7 Å². The second-order valence-corrected chi connectivity index (χ2v) is 6.04. The van der Waals surface area contributed by atoms with Gasteiger partial charge in [-0.05, 0) is 37.1 Å². The minimum atomic E-state index is -0.408. The summed E-state index contributed by atoms with van der Waals surface area (Å²) in [5.41, 5.74) is 2.07.